The highest BCUT2D eigenvalue weighted by molar-refractivity contribution is 5.89. The normalized spacial score (nSPS) is 10.8. The van der Waals surface area contributed by atoms with Gasteiger partial charge in [0.15, 0.2) is 5.82 Å². The Kier molecular flexibility index (Phi) is 3.89. The van der Waals surface area contributed by atoms with Gasteiger partial charge in [-0.3, -0.25) is 4.79 Å². The lowest BCUT2D eigenvalue weighted by atomic mass is 10.1. The van der Waals surface area contributed by atoms with Crippen LogP contribution in [0.25, 0.3) is 17.1 Å². The van der Waals surface area contributed by atoms with Crippen molar-refractivity contribution < 1.29 is 9.32 Å². The highest BCUT2D eigenvalue weighted by Crippen LogP contribution is 2.21. The molecule has 0 bridgehead atoms. The van der Waals surface area contributed by atoms with E-state index >= 15 is 0 Å². The van der Waals surface area contributed by atoms with Gasteiger partial charge in [-0.25, -0.2) is 0 Å². The van der Waals surface area contributed by atoms with E-state index in [0.717, 1.165) is 0 Å². The summed E-state index contributed by atoms with van der Waals surface area (Å²) in [6, 6.07) is 8.94. The van der Waals surface area contributed by atoms with Crippen LogP contribution >= 0.6 is 0 Å². The van der Waals surface area contributed by atoms with Crippen molar-refractivity contribution in [3.63, 3.8) is 0 Å². The zero-order chi connectivity index (χ0) is 17.9. The van der Waals surface area contributed by atoms with Crippen molar-refractivity contribution in [2.45, 2.75) is 13.5 Å². The van der Waals surface area contributed by atoms with E-state index in [2.05, 4.69) is 41.4 Å². The molecule has 12 heteroatoms. The molecule has 0 atom stereocenters. The number of hydrogen-bond acceptors (Lipinski definition) is 9. The SMILES string of the molecule is Cc1cc(NC(=O)Cn2nnc(-c3ccccc3-n3cnnn3)n2)no1. The second-order valence-corrected chi connectivity index (χ2v) is 5.29. The van der Waals surface area contributed by atoms with Gasteiger partial charge in [-0.2, -0.15) is 9.48 Å². The average Bonchev–Trinajstić information content (AvgIpc) is 3.37. The predicted octanol–water partition coefficient (Wildman–Crippen LogP) is 0.251. The van der Waals surface area contributed by atoms with Gasteiger partial charge in [0.2, 0.25) is 11.7 Å². The van der Waals surface area contributed by atoms with Gasteiger partial charge < -0.3 is 9.84 Å². The number of benzene rings is 1. The molecular weight excluding hydrogens is 340 g/mol. The van der Waals surface area contributed by atoms with E-state index in [1.807, 2.05) is 24.3 Å². The first-order valence-electron chi connectivity index (χ1n) is 7.53. The fourth-order valence-corrected chi connectivity index (χ4v) is 2.29. The second kappa shape index (κ2) is 6.51. The van der Waals surface area contributed by atoms with Crippen LogP contribution in [0.5, 0.6) is 0 Å². The lowest BCUT2D eigenvalue weighted by molar-refractivity contribution is -0.117. The molecule has 0 saturated heterocycles. The van der Waals surface area contributed by atoms with Crippen LogP contribution in [0.15, 0.2) is 41.2 Å². The van der Waals surface area contributed by atoms with E-state index in [1.54, 1.807) is 13.0 Å². The van der Waals surface area contributed by atoms with E-state index < -0.39 is 0 Å². The van der Waals surface area contributed by atoms with Crippen molar-refractivity contribution in [2.24, 2.45) is 0 Å². The van der Waals surface area contributed by atoms with Crippen molar-refractivity contribution in [2.75, 3.05) is 5.32 Å². The molecular formula is C14H12N10O2. The van der Waals surface area contributed by atoms with Crippen LogP contribution in [0.1, 0.15) is 5.76 Å². The highest BCUT2D eigenvalue weighted by atomic mass is 16.5. The minimum Gasteiger partial charge on any atom is -0.360 e. The molecule has 1 N–H and O–H groups in total. The topological polar surface area (TPSA) is 142 Å². The molecule has 0 aliphatic rings. The standard InChI is InChI=1S/C14H12N10O2/c1-9-6-12(19-26-9)16-13(25)7-24-18-14(17-21-24)10-4-2-3-5-11(10)23-8-15-20-22-23/h2-6,8H,7H2,1H3,(H,16,19,25). The summed E-state index contributed by atoms with van der Waals surface area (Å²) in [6.45, 7) is 1.61. The average molecular weight is 352 g/mol. The van der Waals surface area contributed by atoms with Crippen molar-refractivity contribution in [3.05, 3.63) is 42.4 Å². The highest BCUT2D eigenvalue weighted by Gasteiger charge is 2.14. The number of nitrogens with zero attached hydrogens (tertiary/aromatic N) is 9. The summed E-state index contributed by atoms with van der Waals surface area (Å²) >= 11 is 0. The molecule has 0 spiro atoms. The number of carbonyl (C=O) groups is 1. The third kappa shape index (κ3) is 3.15. The number of anilines is 1. The largest absolute Gasteiger partial charge is 0.360 e. The Morgan fingerprint density at radius 2 is 2.15 bits per heavy atom. The summed E-state index contributed by atoms with van der Waals surface area (Å²) in [5.41, 5.74) is 1.37. The third-order valence-electron chi connectivity index (χ3n) is 3.37. The van der Waals surface area contributed by atoms with Crippen LogP contribution in [-0.2, 0) is 11.3 Å². The maximum Gasteiger partial charge on any atom is 0.249 e. The van der Waals surface area contributed by atoms with Crippen molar-refractivity contribution in [1.29, 1.82) is 0 Å². The Bertz CT molecular complexity index is 1040. The summed E-state index contributed by atoms with van der Waals surface area (Å²) in [4.78, 5) is 13.2. The molecule has 4 aromatic rings. The Hall–Kier alpha value is -3.96. The first kappa shape index (κ1) is 15.6. The van der Waals surface area contributed by atoms with E-state index in [-0.39, 0.29) is 12.5 Å². The molecule has 0 aliphatic carbocycles. The van der Waals surface area contributed by atoms with E-state index in [1.165, 1.54) is 15.8 Å². The Morgan fingerprint density at radius 1 is 1.27 bits per heavy atom. The molecule has 1 aromatic carbocycles. The van der Waals surface area contributed by atoms with Gasteiger partial charge in [0.05, 0.1) is 5.69 Å². The Morgan fingerprint density at radius 3 is 2.92 bits per heavy atom. The zero-order valence-corrected chi connectivity index (χ0v) is 13.5. The molecule has 3 heterocycles. The molecule has 130 valence electrons. The molecule has 0 saturated carbocycles. The first-order valence-corrected chi connectivity index (χ1v) is 7.53. The fraction of sp³-hybridized carbons (Fsp3) is 0.143. The van der Waals surface area contributed by atoms with Gasteiger partial charge in [-0.15, -0.1) is 15.3 Å². The fourth-order valence-electron chi connectivity index (χ4n) is 2.29. The molecule has 26 heavy (non-hydrogen) atoms. The van der Waals surface area contributed by atoms with Crippen LogP contribution in [0.2, 0.25) is 0 Å². The van der Waals surface area contributed by atoms with Crippen LogP contribution in [-0.4, -0.2) is 51.5 Å². The summed E-state index contributed by atoms with van der Waals surface area (Å²) in [5.74, 6) is 0.926. The second-order valence-electron chi connectivity index (χ2n) is 5.29. The van der Waals surface area contributed by atoms with E-state index in [9.17, 15) is 4.79 Å². The first-order chi connectivity index (χ1) is 12.7. The number of rotatable bonds is 5. The molecule has 4 rings (SSSR count). The smallest absolute Gasteiger partial charge is 0.249 e. The number of aromatic nitrogens is 9. The molecule has 0 radical (unpaired) electrons. The lowest BCUT2D eigenvalue weighted by Crippen LogP contribution is -2.20. The van der Waals surface area contributed by atoms with Crippen molar-refractivity contribution in [1.82, 2.24) is 45.6 Å². The molecule has 1 amide bonds. The monoisotopic (exact) mass is 352 g/mol. The quantitative estimate of drug-likeness (QED) is 0.534. The minimum atomic E-state index is -0.351. The van der Waals surface area contributed by atoms with Gasteiger partial charge in [0, 0.05) is 11.6 Å². The van der Waals surface area contributed by atoms with Crippen molar-refractivity contribution in [3.8, 4) is 17.1 Å². The molecule has 0 unspecified atom stereocenters. The predicted molar refractivity (Wildman–Crippen MR) is 85.8 cm³/mol. The van der Waals surface area contributed by atoms with Gasteiger partial charge in [-0.1, -0.05) is 17.3 Å². The maximum absolute atomic E-state index is 12.0. The number of amides is 1. The van der Waals surface area contributed by atoms with Crippen LogP contribution < -0.4 is 5.32 Å². The van der Waals surface area contributed by atoms with Gasteiger partial charge in [0.1, 0.15) is 18.6 Å². The maximum atomic E-state index is 12.0. The van der Waals surface area contributed by atoms with Crippen molar-refractivity contribution >= 4 is 11.7 Å². The number of nitrogens with one attached hydrogen (secondary N) is 1. The lowest BCUT2D eigenvalue weighted by Gasteiger charge is -2.04. The van der Waals surface area contributed by atoms with Crippen LogP contribution in [0.3, 0.4) is 0 Å². The number of carbonyl (C=O) groups excluding carboxylic acids is 1. The zero-order valence-electron chi connectivity index (χ0n) is 13.5. The molecule has 12 nitrogen and oxygen atoms in total. The summed E-state index contributed by atoms with van der Waals surface area (Å²) in [7, 11) is 0. The minimum absolute atomic E-state index is 0.119. The Labute approximate surface area is 145 Å². The molecule has 0 fully saturated rings. The van der Waals surface area contributed by atoms with Gasteiger partial charge in [0.25, 0.3) is 0 Å². The number of hydrogen-bond donors (Lipinski definition) is 1. The molecule has 0 aliphatic heterocycles. The number of tetrazole rings is 2. The van der Waals surface area contributed by atoms with E-state index in [0.29, 0.717) is 28.7 Å². The Balaban J connectivity index is 1.53. The van der Waals surface area contributed by atoms with E-state index in [4.69, 9.17) is 4.52 Å². The summed E-state index contributed by atoms with van der Waals surface area (Å²) < 4.78 is 6.39. The number of aryl methyl sites for hydroxylation is 1. The summed E-state index contributed by atoms with van der Waals surface area (Å²) in [5, 5.41) is 29.6. The molecule has 3 aromatic heterocycles. The van der Waals surface area contributed by atoms with Crippen LogP contribution in [0, 0.1) is 6.92 Å². The number of para-hydroxylation sites is 1. The third-order valence-corrected chi connectivity index (χ3v) is 3.37. The van der Waals surface area contributed by atoms with Gasteiger partial charge in [-0.05, 0) is 34.7 Å². The summed E-state index contributed by atoms with van der Waals surface area (Å²) in [6.07, 6.45) is 1.47. The van der Waals surface area contributed by atoms with Gasteiger partial charge >= 0.3 is 0 Å². The van der Waals surface area contributed by atoms with Crippen LogP contribution in [0.4, 0.5) is 5.82 Å².